The van der Waals surface area contributed by atoms with E-state index in [1.807, 2.05) is 19.9 Å². The van der Waals surface area contributed by atoms with Gasteiger partial charge in [-0.1, -0.05) is 76.6 Å². The lowest BCUT2D eigenvalue weighted by Crippen LogP contribution is -1.97. The monoisotopic (exact) mass is 382 g/mol. The van der Waals surface area contributed by atoms with Gasteiger partial charge in [-0.2, -0.15) is 0 Å². The van der Waals surface area contributed by atoms with Gasteiger partial charge in [0.05, 0.1) is 0 Å². The number of benzene rings is 2. The number of rotatable bonds is 11. The summed E-state index contributed by atoms with van der Waals surface area (Å²) < 4.78 is 0. The summed E-state index contributed by atoms with van der Waals surface area (Å²) in [5, 5.41) is 21.1. The van der Waals surface area contributed by atoms with Crippen LogP contribution < -0.4 is 0 Å². The first-order valence-corrected chi connectivity index (χ1v) is 11.1. The van der Waals surface area contributed by atoms with Crippen LogP contribution in [-0.4, -0.2) is 10.2 Å². The molecule has 28 heavy (non-hydrogen) atoms. The minimum atomic E-state index is 0.353. The number of phenolic OH excluding ortho intramolecular Hbond substituents is 2. The number of hydrogen-bond acceptors (Lipinski definition) is 2. The highest BCUT2D eigenvalue weighted by Gasteiger charge is 2.13. The van der Waals surface area contributed by atoms with Crippen molar-refractivity contribution in [2.75, 3.05) is 0 Å². The minimum absolute atomic E-state index is 0.353. The van der Waals surface area contributed by atoms with Crippen molar-refractivity contribution in [1.29, 1.82) is 0 Å². The zero-order valence-corrected chi connectivity index (χ0v) is 18.3. The second-order valence-electron chi connectivity index (χ2n) is 8.24. The smallest absolute Gasteiger partial charge is 0.122 e. The summed E-state index contributed by atoms with van der Waals surface area (Å²) in [5.74, 6) is 0.717. The third kappa shape index (κ3) is 6.29. The normalized spacial score (nSPS) is 11.1. The van der Waals surface area contributed by atoms with Gasteiger partial charge in [0.1, 0.15) is 11.5 Å². The first kappa shape index (κ1) is 22.3. The molecule has 0 saturated carbocycles. The molecule has 2 nitrogen and oxygen atoms in total. The molecule has 0 radical (unpaired) electrons. The maximum atomic E-state index is 10.6. The highest BCUT2D eigenvalue weighted by Crippen LogP contribution is 2.32. The van der Waals surface area contributed by atoms with E-state index in [0.717, 1.165) is 35.1 Å². The molecule has 2 aromatic carbocycles. The van der Waals surface area contributed by atoms with Gasteiger partial charge in [0, 0.05) is 6.42 Å². The SMILES string of the molecule is CCCCCCCCCc1cc(C)c(O)c(Cc2cc(CC)cc(C)c2O)c1. The van der Waals surface area contributed by atoms with E-state index in [1.54, 1.807) is 0 Å². The van der Waals surface area contributed by atoms with Crippen LogP contribution in [0.25, 0.3) is 0 Å². The lowest BCUT2D eigenvalue weighted by Gasteiger charge is -2.14. The summed E-state index contributed by atoms with van der Waals surface area (Å²) in [4.78, 5) is 0. The van der Waals surface area contributed by atoms with Crippen molar-refractivity contribution >= 4 is 0 Å². The quantitative estimate of drug-likeness (QED) is 0.405. The molecule has 0 aliphatic carbocycles. The third-order valence-electron chi connectivity index (χ3n) is 5.74. The molecule has 0 aromatic heterocycles. The fourth-order valence-corrected chi connectivity index (χ4v) is 3.98. The number of phenols is 2. The summed E-state index contributed by atoms with van der Waals surface area (Å²) in [6, 6.07) is 8.36. The summed E-state index contributed by atoms with van der Waals surface area (Å²) in [6.45, 7) is 8.30. The second kappa shape index (κ2) is 11.1. The van der Waals surface area contributed by atoms with E-state index in [9.17, 15) is 10.2 Å². The van der Waals surface area contributed by atoms with Gasteiger partial charge in [-0.05, 0) is 66.5 Å². The van der Waals surface area contributed by atoms with Crippen LogP contribution in [0, 0.1) is 13.8 Å². The molecule has 0 fully saturated rings. The Morgan fingerprint density at radius 2 is 1.14 bits per heavy atom. The topological polar surface area (TPSA) is 40.5 Å². The van der Waals surface area contributed by atoms with E-state index in [-0.39, 0.29) is 0 Å². The molecule has 0 amide bonds. The Bertz CT molecular complexity index is 762. The molecule has 0 spiro atoms. The van der Waals surface area contributed by atoms with Crippen LogP contribution >= 0.6 is 0 Å². The van der Waals surface area contributed by atoms with Gasteiger partial charge in [-0.3, -0.25) is 0 Å². The fraction of sp³-hybridized carbons (Fsp3) is 0.538. The van der Waals surface area contributed by atoms with Crippen molar-refractivity contribution < 1.29 is 10.2 Å². The zero-order chi connectivity index (χ0) is 20.5. The number of aryl methyl sites for hydroxylation is 4. The Hall–Kier alpha value is -1.96. The number of unbranched alkanes of at least 4 members (excludes halogenated alkanes) is 6. The lowest BCUT2D eigenvalue weighted by molar-refractivity contribution is 0.458. The number of aromatic hydroxyl groups is 2. The van der Waals surface area contributed by atoms with Gasteiger partial charge in [-0.15, -0.1) is 0 Å². The van der Waals surface area contributed by atoms with E-state index in [4.69, 9.17) is 0 Å². The van der Waals surface area contributed by atoms with Crippen molar-refractivity contribution in [3.8, 4) is 11.5 Å². The average molecular weight is 383 g/mol. The molecule has 0 atom stereocenters. The molecule has 0 aliphatic rings. The predicted octanol–water partition coefficient (Wildman–Crippen LogP) is 7.16. The van der Waals surface area contributed by atoms with Gasteiger partial charge in [0.2, 0.25) is 0 Å². The Morgan fingerprint density at radius 3 is 1.71 bits per heavy atom. The Kier molecular flexibility index (Phi) is 8.89. The van der Waals surface area contributed by atoms with E-state index in [2.05, 4.69) is 32.0 Å². The molecule has 2 N–H and O–H groups in total. The molecule has 2 heteroatoms. The van der Waals surface area contributed by atoms with Crippen LogP contribution in [0.2, 0.25) is 0 Å². The minimum Gasteiger partial charge on any atom is -0.507 e. The summed E-state index contributed by atoms with van der Waals surface area (Å²) in [7, 11) is 0. The molecule has 0 heterocycles. The zero-order valence-electron chi connectivity index (χ0n) is 18.3. The van der Waals surface area contributed by atoms with E-state index < -0.39 is 0 Å². The van der Waals surface area contributed by atoms with Crippen LogP contribution in [0.5, 0.6) is 11.5 Å². The van der Waals surface area contributed by atoms with Gasteiger partial charge >= 0.3 is 0 Å². The third-order valence-corrected chi connectivity index (χ3v) is 5.74. The highest BCUT2D eigenvalue weighted by atomic mass is 16.3. The summed E-state index contributed by atoms with van der Waals surface area (Å²) in [6.07, 6.45) is 11.7. The predicted molar refractivity (Wildman–Crippen MR) is 120 cm³/mol. The van der Waals surface area contributed by atoms with Crippen molar-refractivity contribution in [1.82, 2.24) is 0 Å². The van der Waals surface area contributed by atoms with Crippen LogP contribution in [0.3, 0.4) is 0 Å². The first-order chi connectivity index (χ1) is 13.5. The largest absolute Gasteiger partial charge is 0.507 e. The molecule has 2 aromatic rings. The van der Waals surface area contributed by atoms with E-state index in [0.29, 0.717) is 17.9 Å². The Morgan fingerprint density at radius 1 is 0.643 bits per heavy atom. The van der Waals surface area contributed by atoms with E-state index in [1.165, 1.54) is 56.1 Å². The van der Waals surface area contributed by atoms with Gasteiger partial charge < -0.3 is 10.2 Å². The highest BCUT2D eigenvalue weighted by molar-refractivity contribution is 5.50. The Labute approximate surface area is 171 Å². The van der Waals surface area contributed by atoms with Gasteiger partial charge in [0.25, 0.3) is 0 Å². The van der Waals surface area contributed by atoms with Gasteiger partial charge in [0.15, 0.2) is 0 Å². The van der Waals surface area contributed by atoms with Crippen LogP contribution in [0.1, 0.15) is 92.2 Å². The van der Waals surface area contributed by atoms with Crippen molar-refractivity contribution in [2.45, 2.75) is 91.9 Å². The molecule has 2 rings (SSSR count). The van der Waals surface area contributed by atoms with Crippen LogP contribution in [0.15, 0.2) is 24.3 Å². The molecule has 154 valence electrons. The molecule has 0 saturated heterocycles. The maximum Gasteiger partial charge on any atom is 0.122 e. The standard InChI is InChI=1S/C26H38O2/c1-5-7-8-9-10-11-12-13-22-15-20(4)26(28)24(17-22)18-23-16-21(6-2)14-19(3)25(23)27/h14-17,27-28H,5-13,18H2,1-4H3. The molecular formula is C26H38O2. The Balaban J connectivity index is 2.06. The second-order valence-corrected chi connectivity index (χ2v) is 8.24. The van der Waals surface area contributed by atoms with Crippen LogP contribution in [0.4, 0.5) is 0 Å². The van der Waals surface area contributed by atoms with Crippen molar-refractivity contribution in [3.05, 3.63) is 57.6 Å². The van der Waals surface area contributed by atoms with E-state index >= 15 is 0 Å². The molecule has 0 aliphatic heterocycles. The molecular weight excluding hydrogens is 344 g/mol. The molecule has 0 bridgehead atoms. The van der Waals surface area contributed by atoms with Crippen LogP contribution in [-0.2, 0) is 19.3 Å². The van der Waals surface area contributed by atoms with Crippen molar-refractivity contribution in [3.63, 3.8) is 0 Å². The van der Waals surface area contributed by atoms with Crippen molar-refractivity contribution in [2.24, 2.45) is 0 Å². The summed E-state index contributed by atoms with van der Waals surface area (Å²) in [5.41, 5.74) is 6.17. The average Bonchev–Trinajstić information content (AvgIpc) is 2.68. The van der Waals surface area contributed by atoms with Gasteiger partial charge in [-0.25, -0.2) is 0 Å². The molecule has 0 unspecified atom stereocenters. The maximum absolute atomic E-state index is 10.6. The summed E-state index contributed by atoms with van der Waals surface area (Å²) >= 11 is 0. The first-order valence-electron chi connectivity index (χ1n) is 11.1. The fourth-order valence-electron chi connectivity index (χ4n) is 3.98. The number of hydrogen-bond donors (Lipinski definition) is 2. The lowest BCUT2D eigenvalue weighted by atomic mass is 9.94.